The van der Waals surface area contributed by atoms with Gasteiger partial charge in [-0.25, -0.2) is 4.21 Å². The maximum absolute atomic E-state index is 13.3. The molecule has 0 aliphatic carbocycles. The van der Waals surface area contributed by atoms with Crippen LogP contribution in [0.2, 0.25) is 0 Å². The zero-order chi connectivity index (χ0) is 14.0. The number of nitrogens with zero attached hydrogens (tertiary/aromatic N) is 1. The minimum absolute atomic E-state index is 0.706. The van der Waals surface area contributed by atoms with Crippen molar-refractivity contribution in [1.82, 2.24) is 0 Å². The van der Waals surface area contributed by atoms with Crippen molar-refractivity contribution in [3.63, 3.8) is 0 Å². The van der Waals surface area contributed by atoms with Gasteiger partial charge in [0.1, 0.15) is 0 Å². The van der Waals surface area contributed by atoms with Gasteiger partial charge in [0.2, 0.25) is 0 Å². The molecule has 0 N–H and O–H groups in total. The third-order valence-electron chi connectivity index (χ3n) is 3.43. The number of hydrogen-bond donors (Lipinski definition) is 0. The zero-order valence-electron chi connectivity index (χ0n) is 11.2. The Hall–Kier alpha value is -2.00. The van der Waals surface area contributed by atoms with Gasteiger partial charge in [-0.3, -0.25) is 4.31 Å². The molecule has 0 spiro atoms. The van der Waals surface area contributed by atoms with E-state index in [0.29, 0.717) is 6.54 Å². The summed E-state index contributed by atoms with van der Waals surface area (Å²) in [4.78, 5) is 0.938. The summed E-state index contributed by atoms with van der Waals surface area (Å²) in [6, 6.07) is 17.8. The number of fused-ring (bicyclic) bond motifs is 1. The molecule has 0 aromatic heterocycles. The third-order valence-corrected chi connectivity index (χ3v) is 6.05. The van der Waals surface area contributed by atoms with Gasteiger partial charge in [-0.05, 0) is 24.6 Å². The van der Waals surface area contributed by atoms with Crippen LogP contribution in [0.5, 0.6) is 0 Å². The number of hydrogen-bond acceptors (Lipinski definition) is 1. The fraction of sp³-hybridized carbons (Fsp3) is 0.118. The number of benzene rings is 2. The predicted molar refractivity (Wildman–Crippen MR) is 86.6 cm³/mol. The highest BCUT2D eigenvalue weighted by atomic mass is 32.2. The van der Waals surface area contributed by atoms with Crippen LogP contribution in [0.15, 0.2) is 72.1 Å². The molecule has 102 valence electrons. The summed E-state index contributed by atoms with van der Waals surface area (Å²) < 4.78 is 15.3. The second kappa shape index (κ2) is 5.17. The summed E-state index contributed by atoms with van der Waals surface area (Å²) >= 11 is 0. The lowest BCUT2D eigenvalue weighted by molar-refractivity contribution is 0.675. The molecule has 1 atom stereocenters. The molecule has 0 saturated carbocycles. The second-order valence-corrected chi connectivity index (χ2v) is 6.99. The van der Waals surface area contributed by atoms with Crippen LogP contribution in [0, 0.1) is 0 Å². The maximum atomic E-state index is 13.3. The van der Waals surface area contributed by atoms with Crippen molar-refractivity contribution in [3.05, 3.63) is 72.8 Å². The monoisotopic (exact) mass is 283 g/mol. The van der Waals surface area contributed by atoms with Crippen LogP contribution in [0.1, 0.15) is 12.0 Å². The molecular formula is C17H17NOS. The highest BCUT2D eigenvalue weighted by Crippen LogP contribution is 2.32. The molecule has 0 saturated heterocycles. The molecule has 1 heterocycles. The van der Waals surface area contributed by atoms with E-state index >= 15 is 0 Å². The fourth-order valence-electron chi connectivity index (χ4n) is 2.43. The third kappa shape index (κ3) is 2.04. The van der Waals surface area contributed by atoms with Crippen LogP contribution >= 0.6 is 0 Å². The standard InChI is InChI=1S/C17H17NOS/c1-2-3-13-18(16-10-5-4-6-11-16)20(19)14-15-9-7-8-12-17(15)20/h2,4-12,14H,1,3,13H2. The summed E-state index contributed by atoms with van der Waals surface area (Å²) in [5.74, 6) is 0. The molecular weight excluding hydrogens is 266 g/mol. The Morgan fingerprint density at radius 1 is 1.05 bits per heavy atom. The first-order valence-corrected chi connectivity index (χ1v) is 8.25. The van der Waals surface area contributed by atoms with Crippen molar-refractivity contribution in [2.24, 2.45) is 0 Å². The Morgan fingerprint density at radius 3 is 2.45 bits per heavy atom. The fourth-order valence-corrected chi connectivity index (χ4v) is 4.83. The largest absolute Gasteiger partial charge is 0.295 e. The predicted octanol–water partition coefficient (Wildman–Crippen LogP) is 3.49. The van der Waals surface area contributed by atoms with Gasteiger partial charge in [0.05, 0.1) is 14.6 Å². The molecule has 0 fully saturated rings. The van der Waals surface area contributed by atoms with Gasteiger partial charge >= 0.3 is 0 Å². The van der Waals surface area contributed by atoms with E-state index in [9.17, 15) is 4.21 Å². The summed E-state index contributed by atoms with van der Waals surface area (Å²) in [5.41, 5.74) is 2.07. The molecule has 1 unspecified atom stereocenters. The second-order valence-electron chi connectivity index (χ2n) is 4.74. The van der Waals surface area contributed by atoms with Gasteiger partial charge in [0.25, 0.3) is 0 Å². The molecule has 0 radical (unpaired) electrons. The molecule has 1 aliphatic rings. The van der Waals surface area contributed by atoms with Crippen LogP contribution in [0.25, 0.3) is 0 Å². The maximum Gasteiger partial charge on any atom is 0.0844 e. The molecule has 3 heteroatoms. The lowest BCUT2D eigenvalue weighted by atomic mass is 10.2. The quantitative estimate of drug-likeness (QED) is 0.607. The Bertz CT molecular complexity index is 743. The van der Waals surface area contributed by atoms with Crippen LogP contribution < -0.4 is 4.31 Å². The Labute approximate surface area is 120 Å². The summed E-state index contributed by atoms with van der Waals surface area (Å²) in [6.45, 7) is 4.47. The number of anilines is 1. The van der Waals surface area contributed by atoms with Crippen molar-refractivity contribution in [2.45, 2.75) is 11.3 Å². The summed E-state index contributed by atoms with van der Waals surface area (Å²) in [6.07, 6.45) is 2.67. The van der Waals surface area contributed by atoms with Crippen molar-refractivity contribution >= 4 is 20.8 Å². The normalized spacial score (nSPS) is 19.4. The van der Waals surface area contributed by atoms with Gasteiger partial charge < -0.3 is 0 Å². The summed E-state index contributed by atoms with van der Waals surface area (Å²) in [7, 11) is -2.25. The van der Waals surface area contributed by atoms with E-state index in [4.69, 9.17) is 0 Å². The van der Waals surface area contributed by atoms with Gasteiger partial charge in [0.15, 0.2) is 0 Å². The minimum Gasteiger partial charge on any atom is -0.295 e. The first-order chi connectivity index (χ1) is 9.75. The minimum atomic E-state index is -2.25. The topological polar surface area (TPSA) is 20.3 Å². The van der Waals surface area contributed by atoms with Crippen molar-refractivity contribution in [3.8, 4) is 0 Å². The van der Waals surface area contributed by atoms with Crippen LogP contribution in [0.4, 0.5) is 5.69 Å². The first kappa shape index (κ1) is 13.0. The molecule has 2 aromatic carbocycles. The SMILES string of the molecule is C=CCCN(c1ccccc1)S1(=O)=Cc2ccccc21. The molecule has 3 rings (SSSR count). The van der Waals surface area contributed by atoms with E-state index in [1.54, 1.807) is 0 Å². The van der Waals surface area contributed by atoms with E-state index < -0.39 is 9.71 Å². The average Bonchev–Trinajstić information content (AvgIpc) is 2.48. The molecule has 20 heavy (non-hydrogen) atoms. The van der Waals surface area contributed by atoms with Gasteiger partial charge in [-0.2, -0.15) is 0 Å². The molecule has 2 aromatic rings. The number of rotatable bonds is 5. The summed E-state index contributed by atoms with van der Waals surface area (Å²) in [5, 5.41) is 1.89. The van der Waals surface area contributed by atoms with E-state index in [1.165, 1.54) is 0 Å². The molecule has 0 amide bonds. The van der Waals surface area contributed by atoms with Gasteiger partial charge in [0, 0.05) is 23.2 Å². The van der Waals surface area contributed by atoms with Crippen molar-refractivity contribution in [1.29, 1.82) is 0 Å². The Kier molecular flexibility index (Phi) is 3.36. The molecule has 1 aliphatic heterocycles. The van der Waals surface area contributed by atoms with Gasteiger partial charge in [-0.1, -0.05) is 42.5 Å². The van der Waals surface area contributed by atoms with E-state index in [-0.39, 0.29) is 0 Å². The molecule has 2 nitrogen and oxygen atoms in total. The first-order valence-electron chi connectivity index (χ1n) is 6.67. The van der Waals surface area contributed by atoms with E-state index in [2.05, 4.69) is 6.58 Å². The van der Waals surface area contributed by atoms with E-state index in [1.807, 2.05) is 70.3 Å². The average molecular weight is 283 g/mol. The highest BCUT2D eigenvalue weighted by molar-refractivity contribution is 8.04. The van der Waals surface area contributed by atoms with Crippen LogP contribution in [-0.2, 0) is 9.71 Å². The van der Waals surface area contributed by atoms with Gasteiger partial charge in [-0.15, -0.1) is 6.58 Å². The van der Waals surface area contributed by atoms with E-state index in [0.717, 1.165) is 22.6 Å². The van der Waals surface area contributed by atoms with Crippen molar-refractivity contribution in [2.75, 3.05) is 10.8 Å². The number of para-hydroxylation sites is 1. The van der Waals surface area contributed by atoms with Crippen molar-refractivity contribution < 1.29 is 4.21 Å². The van der Waals surface area contributed by atoms with Crippen LogP contribution in [0.3, 0.4) is 0 Å². The molecule has 0 bridgehead atoms. The highest BCUT2D eigenvalue weighted by Gasteiger charge is 2.29. The zero-order valence-corrected chi connectivity index (χ0v) is 12.1. The Morgan fingerprint density at radius 2 is 1.75 bits per heavy atom. The van der Waals surface area contributed by atoms with Crippen LogP contribution in [-0.4, -0.2) is 16.1 Å². The lowest BCUT2D eigenvalue weighted by Gasteiger charge is -2.34. The Balaban J connectivity index is 2.04. The smallest absolute Gasteiger partial charge is 0.0844 e. The lowest BCUT2D eigenvalue weighted by Crippen LogP contribution is -2.38.